The van der Waals surface area contributed by atoms with Crippen LogP contribution in [0.15, 0.2) is 36.5 Å². The fourth-order valence-corrected chi connectivity index (χ4v) is 2.95. The third kappa shape index (κ3) is 3.07. The van der Waals surface area contributed by atoms with Crippen LogP contribution in [-0.2, 0) is 0 Å². The van der Waals surface area contributed by atoms with E-state index in [0.717, 1.165) is 5.70 Å². The Morgan fingerprint density at radius 1 is 1.20 bits per heavy atom. The minimum absolute atomic E-state index is 0.125. The van der Waals surface area contributed by atoms with Gasteiger partial charge in [-0.3, -0.25) is 0 Å². The third-order valence-corrected chi connectivity index (χ3v) is 4.37. The van der Waals surface area contributed by atoms with Crippen molar-refractivity contribution in [1.29, 1.82) is 0 Å². The first-order valence-corrected chi connectivity index (χ1v) is 6.99. The molecule has 0 aliphatic heterocycles. The zero-order chi connectivity index (χ0) is 11.3. The molecule has 0 amide bonds. The van der Waals surface area contributed by atoms with E-state index in [4.69, 9.17) is 5.73 Å². The first-order valence-electron chi connectivity index (χ1n) is 4.41. The number of hydrogen-bond donors (Lipinski definition) is 2. The van der Waals surface area contributed by atoms with Gasteiger partial charge in [0, 0.05) is 12.1 Å². The molecular formula is C10H15N2OS2+. The summed E-state index contributed by atoms with van der Waals surface area (Å²) in [6.45, 7) is 0. The van der Waals surface area contributed by atoms with Crippen molar-refractivity contribution in [2.24, 2.45) is 5.73 Å². The lowest BCUT2D eigenvalue weighted by Crippen LogP contribution is -2.37. The first kappa shape index (κ1) is 12.3. The molecule has 0 aliphatic rings. The van der Waals surface area contributed by atoms with Gasteiger partial charge in [-0.15, -0.1) is 23.5 Å². The van der Waals surface area contributed by atoms with Crippen molar-refractivity contribution in [3.63, 3.8) is 0 Å². The van der Waals surface area contributed by atoms with Gasteiger partial charge in [-0.2, -0.15) is 4.57 Å². The average molecular weight is 243 g/mol. The molecule has 1 rings (SSSR count). The molecule has 82 valence electrons. The Balaban J connectivity index is 3.11. The van der Waals surface area contributed by atoms with Crippen LogP contribution in [0.2, 0.25) is 0 Å². The van der Waals surface area contributed by atoms with Crippen molar-refractivity contribution >= 4 is 29.2 Å². The van der Waals surface area contributed by atoms with Gasteiger partial charge in [0.2, 0.25) is 0 Å². The molecule has 1 heterocycles. The van der Waals surface area contributed by atoms with E-state index in [1.54, 1.807) is 23.5 Å². The number of nitrogens with two attached hydrogens (primary N) is 1. The average Bonchev–Trinajstić information content (AvgIpc) is 2.26. The lowest BCUT2D eigenvalue weighted by atomic mass is 10.4. The fourth-order valence-electron chi connectivity index (χ4n) is 1.25. The number of rotatable bonds is 4. The van der Waals surface area contributed by atoms with E-state index >= 15 is 0 Å². The predicted octanol–water partition coefficient (Wildman–Crippen LogP) is 1.67. The van der Waals surface area contributed by atoms with Crippen LogP contribution in [0.25, 0.3) is 5.70 Å². The Kier molecular flexibility index (Phi) is 4.84. The highest BCUT2D eigenvalue weighted by molar-refractivity contribution is 8.17. The summed E-state index contributed by atoms with van der Waals surface area (Å²) in [6.07, 6.45) is 7.73. The van der Waals surface area contributed by atoms with Gasteiger partial charge in [-0.25, -0.2) is 0 Å². The molecule has 0 aliphatic carbocycles. The van der Waals surface area contributed by atoms with Crippen LogP contribution < -0.4 is 10.3 Å². The van der Waals surface area contributed by atoms with E-state index in [-0.39, 0.29) is 10.5 Å². The van der Waals surface area contributed by atoms with Crippen LogP contribution >= 0.6 is 23.5 Å². The summed E-state index contributed by atoms with van der Waals surface area (Å²) < 4.78 is 1.97. The maximum absolute atomic E-state index is 9.51. The Bertz CT molecular complexity index is 333. The summed E-state index contributed by atoms with van der Waals surface area (Å²) in [5.41, 5.74) is 6.23. The van der Waals surface area contributed by atoms with Crippen molar-refractivity contribution < 1.29 is 9.67 Å². The van der Waals surface area contributed by atoms with Crippen molar-refractivity contribution in [1.82, 2.24) is 0 Å². The second-order valence-corrected chi connectivity index (χ2v) is 5.04. The van der Waals surface area contributed by atoms with Crippen LogP contribution in [0, 0.1) is 0 Å². The molecule has 5 heteroatoms. The number of nitrogens with zero attached hydrogens (tertiary/aromatic N) is 1. The summed E-state index contributed by atoms with van der Waals surface area (Å²) in [6, 6.07) is 5.73. The molecule has 0 atom stereocenters. The van der Waals surface area contributed by atoms with E-state index < -0.39 is 0 Å². The topological polar surface area (TPSA) is 50.1 Å². The molecule has 0 unspecified atom stereocenters. The molecular weight excluding hydrogens is 228 g/mol. The summed E-state index contributed by atoms with van der Waals surface area (Å²) in [4.78, 5) is 0. The van der Waals surface area contributed by atoms with Crippen LogP contribution in [-0.4, -0.2) is 22.2 Å². The van der Waals surface area contributed by atoms with E-state index in [0.29, 0.717) is 0 Å². The summed E-state index contributed by atoms with van der Waals surface area (Å²) in [7, 11) is 0. The third-order valence-electron chi connectivity index (χ3n) is 1.91. The molecule has 0 fully saturated rings. The molecule has 3 N–H and O–H groups in total. The summed E-state index contributed by atoms with van der Waals surface area (Å²) >= 11 is 3.29. The highest BCUT2D eigenvalue weighted by Gasteiger charge is 2.25. The second-order valence-electron chi connectivity index (χ2n) is 2.86. The van der Waals surface area contributed by atoms with Crippen LogP contribution in [0.4, 0.5) is 0 Å². The minimum atomic E-state index is -0.125. The maximum Gasteiger partial charge on any atom is 0.269 e. The smallest absolute Gasteiger partial charge is 0.269 e. The molecule has 3 nitrogen and oxygen atoms in total. The van der Waals surface area contributed by atoms with Gasteiger partial charge in [0.15, 0.2) is 12.4 Å². The summed E-state index contributed by atoms with van der Waals surface area (Å²) in [5, 5.41) is 9.51. The van der Waals surface area contributed by atoms with Crippen molar-refractivity contribution in [2.75, 3.05) is 12.5 Å². The van der Waals surface area contributed by atoms with Crippen LogP contribution in [0.3, 0.4) is 0 Å². The molecule has 0 radical (unpaired) electrons. The Morgan fingerprint density at radius 2 is 1.73 bits per heavy atom. The monoisotopic (exact) mass is 243 g/mol. The predicted molar refractivity (Wildman–Crippen MR) is 67.5 cm³/mol. The van der Waals surface area contributed by atoms with Gasteiger partial charge in [0.1, 0.15) is 4.58 Å². The van der Waals surface area contributed by atoms with Crippen LogP contribution in [0.1, 0.15) is 0 Å². The fraction of sp³-hybridized carbons (Fsp3) is 0.300. The number of thioether (sulfide) groups is 2. The molecule has 0 saturated carbocycles. The van der Waals surface area contributed by atoms with Crippen molar-refractivity contribution in [2.45, 2.75) is 4.58 Å². The molecule has 1 aromatic heterocycles. The highest BCUT2D eigenvalue weighted by Crippen LogP contribution is 2.26. The highest BCUT2D eigenvalue weighted by atomic mass is 32.2. The second kappa shape index (κ2) is 5.92. The first-order chi connectivity index (χ1) is 7.20. The van der Waals surface area contributed by atoms with Crippen molar-refractivity contribution in [3.05, 3.63) is 36.5 Å². The van der Waals surface area contributed by atoms with Gasteiger partial charge in [-0.1, -0.05) is 6.07 Å². The van der Waals surface area contributed by atoms with E-state index in [1.807, 2.05) is 47.7 Å². The number of aliphatic hydroxyl groups excluding tert-OH is 1. The Labute approximate surface area is 98.4 Å². The Hall–Kier alpha value is -0.810. The molecule has 0 saturated heterocycles. The van der Waals surface area contributed by atoms with Gasteiger partial charge in [0.05, 0.1) is 0 Å². The largest absolute Gasteiger partial charge is 0.490 e. The lowest BCUT2D eigenvalue weighted by Gasteiger charge is -2.10. The normalized spacial score (nSPS) is 12.7. The van der Waals surface area contributed by atoms with E-state index in [2.05, 4.69) is 0 Å². The Morgan fingerprint density at radius 3 is 2.13 bits per heavy atom. The number of aliphatic hydroxyl groups is 1. The molecule has 1 aromatic rings. The molecule has 0 aromatic carbocycles. The zero-order valence-electron chi connectivity index (χ0n) is 8.75. The lowest BCUT2D eigenvalue weighted by molar-refractivity contribution is -0.583. The number of pyridine rings is 1. The van der Waals surface area contributed by atoms with Gasteiger partial charge >= 0.3 is 0 Å². The number of aromatic nitrogens is 1. The van der Waals surface area contributed by atoms with E-state index in [1.165, 1.54) is 0 Å². The van der Waals surface area contributed by atoms with Crippen molar-refractivity contribution in [3.8, 4) is 0 Å². The molecule has 15 heavy (non-hydrogen) atoms. The maximum atomic E-state index is 9.51. The quantitative estimate of drug-likeness (QED) is 0.480. The van der Waals surface area contributed by atoms with Gasteiger partial charge < -0.3 is 10.8 Å². The van der Waals surface area contributed by atoms with Gasteiger partial charge in [-0.05, 0) is 12.5 Å². The number of hydrogen-bond acceptors (Lipinski definition) is 4. The van der Waals surface area contributed by atoms with Crippen LogP contribution in [0.5, 0.6) is 0 Å². The minimum Gasteiger partial charge on any atom is -0.490 e. The van der Waals surface area contributed by atoms with E-state index in [9.17, 15) is 5.11 Å². The molecule has 0 spiro atoms. The summed E-state index contributed by atoms with van der Waals surface area (Å²) in [5.74, 6) is -0.125. The van der Waals surface area contributed by atoms with Gasteiger partial charge in [0.25, 0.3) is 11.6 Å². The zero-order valence-corrected chi connectivity index (χ0v) is 10.4. The molecule has 0 bridgehead atoms. The SMILES string of the molecule is CSC(SC)/C(=C(\N)O)[n+]1ccccc1. The standard InChI is InChI=1S/C10H14N2OS2/c1-14-10(15-2)8(9(11)13)12-6-4-3-5-7-12/h3-7,10H,11H2,1-2H3/p+1/b9-8-.